The van der Waals surface area contributed by atoms with Crippen molar-refractivity contribution in [1.29, 1.82) is 0 Å². The minimum absolute atomic E-state index is 0.175. The van der Waals surface area contributed by atoms with Gasteiger partial charge in [-0.3, -0.25) is 4.79 Å². The van der Waals surface area contributed by atoms with E-state index in [0.717, 1.165) is 12.2 Å². The predicted molar refractivity (Wildman–Crippen MR) is 80.5 cm³/mol. The fourth-order valence-corrected chi connectivity index (χ4v) is 3.27. The lowest BCUT2D eigenvalue weighted by atomic mass is 10.1. The van der Waals surface area contributed by atoms with Crippen molar-refractivity contribution >= 4 is 22.5 Å². The van der Waals surface area contributed by atoms with Crippen LogP contribution in [0.1, 0.15) is 22.6 Å². The van der Waals surface area contributed by atoms with Crippen LogP contribution in [0, 0.1) is 6.92 Å². The van der Waals surface area contributed by atoms with Gasteiger partial charge in [0.1, 0.15) is 11.5 Å². The van der Waals surface area contributed by atoms with Gasteiger partial charge in [0, 0.05) is 11.0 Å². The van der Waals surface area contributed by atoms with Crippen LogP contribution in [0.4, 0.5) is 0 Å². The molecule has 102 valence electrons. The van der Waals surface area contributed by atoms with E-state index in [9.17, 15) is 4.79 Å². The Balaban J connectivity index is 1.57. The molecule has 2 aromatic rings. The lowest BCUT2D eigenvalue weighted by Crippen LogP contribution is -2.05. The van der Waals surface area contributed by atoms with Crippen molar-refractivity contribution in [3.63, 3.8) is 0 Å². The van der Waals surface area contributed by atoms with Gasteiger partial charge in [0.05, 0.1) is 17.9 Å². The van der Waals surface area contributed by atoms with Crippen LogP contribution < -0.4 is 0 Å². The van der Waals surface area contributed by atoms with Gasteiger partial charge < -0.3 is 4.52 Å². The lowest BCUT2D eigenvalue weighted by Gasteiger charge is -2.04. The first-order valence-corrected chi connectivity index (χ1v) is 7.56. The van der Waals surface area contributed by atoms with Crippen molar-refractivity contribution < 1.29 is 9.32 Å². The van der Waals surface area contributed by atoms with Gasteiger partial charge in [-0.25, -0.2) is 0 Å². The van der Waals surface area contributed by atoms with Crippen LogP contribution in [0.3, 0.4) is 0 Å². The predicted octanol–water partition coefficient (Wildman–Crippen LogP) is 3.43. The molecule has 4 heteroatoms. The van der Waals surface area contributed by atoms with E-state index in [1.165, 1.54) is 16.0 Å². The monoisotopic (exact) mass is 285 g/mol. The molecule has 1 aromatic carbocycles. The normalized spacial score (nSPS) is 13.2. The fraction of sp³-hybridized carbons (Fsp3) is 0.250. The number of allylic oxidation sites excluding steroid dienone is 1. The average molecular weight is 285 g/mol. The first-order valence-electron chi connectivity index (χ1n) is 6.57. The summed E-state index contributed by atoms with van der Waals surface area (Å²) in [4.78, 5) is 13.2. The van der Waals surface area contributed by atoms with E-state index < -0.39 is 0 Å². The molecule has 1 heterocycles. The Morgan fingerprint density at radius 2 is 2.25 bits per heavy atom. The summed E-state index contributed by atoms with van der Waals surface area (Å²) in [6.07, 6.45) is 3.51. The molecular formula is C16H15NO2S. The number of Topliss-reactive ketones (excluding diaryl/α,β-unsaturated/α-hetero) is 1. The van der Waals surface area contributed by atoms with Crippen LogP contribution in [0.15, 0.2) is 40.9 Å². The molecule has 0 fully saturated rings. The molecule has 0 spiro atoms. The summed E-state index contributed by atoms with van der Waals surface area (Å²) in [5.74, 6) is 1.40. The van der Waals surface area contributed by atoms with E-state index in [4.69, 9.17) is 4.52 Å². The molecule has 0 amide bonds. The number of carbonyl (C=O) groups excluding carboxylic acids is 1. The third kappa shape index (κ3) is 2.85. The van der Waals surface area contributed by atoms with E-state index in [-0.39, 0.29) is 5.78 Å². The minimum atomic E-state index is 0.175. The summed E-state index contributed by atoms with van der Waals surface area (Å²) in [7, 11) is 0. The second-order valence-corrected chi connectivity index (χ2v) is 5.88. The van der Waals surface area contributed by atoms with E-state index in [0.29, 0.717) is 17.9 Å². The number of hydrogen-bond donors (Lipinski definition) is 0. The van der Waals surface area contributed by atoms with Crippen LogP contribution in [-0.4, -0.2) is 16.7 Å². The number of aryl methyl sites for hydroxylation is 1. The van der Waals surface area contributed by atoms with Crippen LogP contribution in [0.2, 0.25) is 0 Å². The van der Waals surface area contributed by atoms with Gasteiger partial charge >= 0.3 is 0 Å². The molecule has 1 aliphatic rings. The van der Waals surface area contributed by atoms with Crippen LogP contribution >= 0.6 is 11.8 Å². The zero-order chi connectivity index (χ0) is 13.9. The zero-order valence-corrected chi connectivity index (χ0v) is 12.1. The Hall–Kier alpha value is -1.81. The van der Waals surface area contributed by atoms with Crippen LogP contribution in [0.25, 0.3) is 4.91 Å². The van der Waals surface area contributed by atoms with Gasteiger partial charge in [-0.05, 0) is 24.5 Å². The second-order valence-electron chi connectivity index (χ2n) is 4.86. The highest BCUT2D eigenvalue weighted by molar-refractivity contribution is 8.08. The highest BCUT2D eigenvalue weighted by Gasteiger charge is 2.15. The van der Waals surface area contributed by atoms with Crippen molar-refractivity contribution in [1.82, 2.24) is 5.16 Å². The number of thioether (sulfide) groups is 1. The maximum Gasteiger partial charge on any atom is 0.149 e. The minimum Gasteiger partial charge on any atom is -0.361 e. The van der Waals surface area contributed by atoms with Crippen LogP contribution in [-0.2, 0) is 17.6 Å². The van der Waals surface area contributed by atoms with Crippen molar-refractivity contribution in [2.45, 2.75) is 19.8 Å². The molecule has 0 saturated carbocycles. The molecular weight excluding hydrogens is 270 g/mol. The summed E-state index contributed by atoms with van der Waals surface area (Å²) in [6.45, 7) is 1.83. The molecule has 1 aliphatic carbocycles. The largest absolute Gasteiger partial charge is 0.361 e. The summed E-state index contributed by atoms with van der Waals surface area (Å²) < 4.78 is 4.97. The summed E-state index contributed by atoms with van der Waals surface area (Å²) in [5.41, 5.74) is 3.33. The molecule has 3 nitrogen and oxygen atoms in total. The Morgan fingerprint density at radius 1 is 1.40 bits per heavy atom. The smallest absolute Gasteiger partial charge is 0.149 e. The van der Waals surface area contributed by atoms with Crippen molar-refractivity contribution in [3.8, 4) is 0 Å². The highest BCUT2D eigenvalue weighted by Crippen LogP contribution is 2.35. The van der Waals surface area contributed by atoms with E-state index in [2.05, 4.69) is 29.4 Å². The Bertz CT molecular complexity index is 673. The number of carbonyl (C=O) groups is 1. The van der Waals surface area contributed by atoms with Gasteiger partial charge in [0.15, 0.2) is 0 Å². The molecule has 0 N–H and O–H groups in total. The van der Waals surface area contributed by atoms with E-state index in [1.54, 1.807) is 11.8 Å². The quantitative estimate of drug-likeness (QED) is 0.844. The van der Waals surface area contributed by atoms with Crippen molar-refractivity contribution in [2.24, 2.45) is 0 Å². The van der Waals surface area contributed by atoms with Crippen molar-refractivity contribution in [2.75, 3.05) is 5.75 Å². The first kappa shape index (κ1) is 13.2. The van der Waals surface area contributed by atoms with Gasteiger partial charge in [-0.2, -0.15) is 0 Å². The van der Waals surface area contributed by atoms with E-state index in [1.807, 2.05) is 19.1 Å². The molecule has 0 radical (unpaired) electrons. The molecule has 0 atom stereocenters. The van der Waals surface area contributed by atoms with Crippen LogP contribution in [0.5, 0.6) is 0 Å². The van der Waals surface area contributed by atoms with E-state index >= 15 is 0 Å². The third-order valence-electron chi connectivity index (χ3n) is 3.23. The number of aromatic nitrogens is 1. The number of rotatable bonds is 5. The number of hydrogen-bond acceptors (Lipinski definition) is 4. The maximum atomic E-state index is 12.0. The Kier molecular flexibility index (Phi) is 3.74. The molecule has 0 saturated heterocycles. The Morgan fingerprint density at radius 3 is 3.05 bits per heavy atom. The first-order chi connectivity index (χ1) is 9.72. The van der Waals surface area contributed by atoms with Gasteiger partial charge in [-0.1, -0.05) is 35.5 Å². The molecule has 20 heavy (non-hydrogen) atoms. The lowest BCUT2D eigenvalue weighted by molar-refractivity contribution is -0.116. The van der Waals surface area contributed by atoms with Gasteiger partial charge in [0.25, 0.3) is 0 Å². The summed E-state index contributed by atoms with van der Waals surface area (Å²) in [5, 5.41) is 3.85. The Labute approximate surface area is 122 Å². The molecule has 1 aromatic heterocycles. The molecule has 0 unspecified atom stereocenters. The summed E-state index contributed by atoms with van der Waals surface area (Å²) in [6, 6.07) is 10.2. The molecule has 0 bridgehead atoms. The molecule has 0 aliphatic heterocycles. The number of ketones is 1. The van der Waals surface area contributed by atoms with Crippen molar-refractivity contribution in [3.05, 3.63) is 59.0 Å². The maximum absolute atomic E-state index is 12.0. The number of benzene rings is 1. The highest BCUT2D eigenvalue weighted by atomic mass is 32.2. The average Bonchev–Trinajstić information content (AvgIpc) is 3.03. The van der Waals surface area contributed by atoms with Gasteiger partial charge in [-0.15, -0.1) is 11.8 Å². The fourth-order valence-electron chi connectivity index (χ4n) is 2.30. The zero-order valence-electron chi connectivity index (χ0n) is 11.3. The standard InChI is InChI=1S/C16H15NO2S/c1-11-8-13(17-19-11)9-14(18)10-20-16-7-6-12-4-2-3-5-15(12)16/h2-5,7-8H,6,9-10H2,1H3. The second kappa shape index (κ2) is 5.67. The number of fused-ring (bicyclic) bond motifs is 1. The third-order valence-corrected chi connectivity index (χ3v) is 4.40. The molecule has 3 rings (SSSR count). The topological polar surface area (TPSA) is 43.1 Å². The van der Waals surface area contributed by atoms with Gasteiger partial charge in [0.2, 0.25) is 0 Å². The number of nitrogens with zero attached hydrogens (tertiary/aromatic N) is 1. The SMILES string of the molecule is Cc1cc(CC(=O)CSC2=CCc3ccccc32)no1. The summed E-state index contributed by atoms with van der Waals surface area (Å²) >= 11 is 1.61.